The number of non-ortho nitro benzene ring substituents is 1. The fraction of sp³-hybridized carbons (Fsp3) is 0.343. The van der Waals surface area contributed by atoms with E-state index in [4.69, 9.17) is 14.2 Å². The monoisotopic (exact) mass is 685 g/mol. The fourth-order valence-electron chi connectivity index (χ4n) is 5.94. The van der Waals surface area contributed by atoms with Crippen molar-refractivity contribution in [3.05, 3.63) is 106 Å². The Labute approximate surface area is 279 Å². The molecule has 10 nitrogen and oxygen atoms in total. The lowest BCUT2D eigenvalue weighted by molar-refractivity contribution is -0.384. The summed E-state index contributed by atoms with van der Waals surface area (Å²) in [4.78, 5) is 24.0. The van der Waals surface area contributed by atoms with Crippen LogP contribution in [-0.4, -0.2) is 71.1 Å². The first kappa shape index (κ1) is 35.4. The molecule has 1 aromatic heterocycles. The molecule has 5 rings (SSSR count). The van der Waals surface area contributed by atoms with Gasteiger partial charge in [-0.2, -0.15) is 13.2 Å². The van der Waals surface area contributed by atoms with Crippen molar-refractivity contribution in [3.8, 4) is 11.5 Å². The van der Waals surface area contributed by atoms with Gasteiger partial charge in [-0.1, -0.05) is 30.3 Å². The molecule has 0 aliphatic carbocycles. The number of esters is 1. The highest BCUT2D eigenvalue weighted by Gasteiger charge is 2.57. The second-order valence-electron chi connectivity index (χ2n) is 11.7. The first-order valence-corrected chi connectivity index (χ1v) is 15.5. The van der Waals surface area contributed by atoms with E-state index >= 15 is 4.39 Å². The molecule has 1 unspecified atom stereocenters. The van der Waals surface area contributed by atoms with Gasteiger partial charge in [0.25, 0.3) is 5.69 Å². The Morgan fingerprint density at radius 2 is 1.82 bits per heavy atom. The second-order valence-corrected chi connectivity index (χ2v) is 11.7. The van der Waals surface area contributed by atoms with E-state index in [0.29, 0.717) is 5.56 Å². The predicted molar refractivity (Wildman–Crippen MR) is 173 cm³/mol. The van der Waals surface area contributed by atoms with Crippen molar-refractivity contribution >= 4 is 28.6 Å². The van der Waals surface area contributed by atoms with Crippen LogP contribution in [0.5, 0.6) is 11.5 Å². The van der Waals surface area contributed by atoms with Crippen LogP contribution in [-0.2, 0) is 21.7 Å². The molecule has 0 radical (unpaired) electrons. The molecule has 1 aliphatic rings. The number of benzene rings is 3. The number of rotatable bonds is 12. The lowest BCUT2D eigenvalue weighted by Gasteiger charge is -2.39. The van der Waals surface area contributed by atoms with Crippen LogP contribution in [0.1, 0.15) is 36.5 Å². The summed E-state index contributed by atoms with van der Waals surface area (Å²) in [6.07, 6.45) is -1.48. The van der Waals surface area contributed by atoms with E-state index in [2.05, 4.69) is 0 Å². The smallest absolute Gasteiger partial charge is 0.422 e. The Bertz CT molecular complexity index is 1840. The molecule has 49 heavy (non-hydrogen) atoms. The summed E-state index contributed by atoms with van der Waals surface area (Å²) in [5.41, 5.74) is -2.76. The molecule has 3 aromatic carbocycles. The van der Waals surface area contributed by atoms with E-state index in [-0.39, 0.29) is 67.2 Å². The quantitative estimate of drug-likeness (QED) is 0.0582. The van der Waals surface area contributed by atoms with Crippen LogP contribution in [0.15, 0.2) is 72.9 Å². The van der Waals surface area contributed by atoms with Gasteiger partial charge in [0.2, 0.25) is 5.60 Å². The van der Waals surface area contributed by atoms with Gasteiger partial charge in [0.15, 0.2) is 17.3 Å². The zero-order valence-corrected chi connectivity index (χ0v) is 26.8. The third-order valence-corrected chi connectivity index (χ3v) is 8.41. The van der Waals surface area contributed by atoms with Crippen molar-refractivity contribution in [2.45, 2.75) is 44.2 Å². The van der Waals surface area contributed by atoms with Crippen molar-refractivity contribution < 1.29 is 46.6 Å². The molecular weight excluding hydrogens is 650 g/mol. The largest absolute Gasteiger partial charge is 0.493 e. The molecule has 1 aliphatic heterocycles. The molecule has 1 atom stereocenters. The summed E-state index contributed by atoms with van der Waals surface area (Å²) in [5.74, 6) is -1.43. The zero-order valence-electron chi connectivity index (χ0n) is 26.8. The minimum Gasteiger partial charge on any atom is -0.493 e. The van der Waals surface area contributed by atoms with Crippen LogP contribution in [0, 0.1) is 15.9 Å². The molecule has 260 valence electrons. The number of carbonyl (C=O) groups is 1. The number of nitro groups is 1. The number of hydrogen-bond acceptors (Lipinski definition) is 8. The number of nitro benzene ring substituents is 1. The van der Waals surface area contributed by atoms with Gasteiger partial charge in [0.1, 0.15) is 6.10 Å². The number of piperidine rings is 1. The minimum absolute atomic E-state index is 0.0442. The van der Waals surface area contributed by atoms with Crippen LogP contribution in [0.4, 0.5) is 23.2 Å². The third-order valence-electron chi connectivity index (χ3n) is 8.41. The van der Waals surface area contributed by atoms with Crippen LogP contribution in [0.25, 0.3) is 17.0 Å². The van der Waals surface area contributed by atoms with Gasteiger partial charge < -0.3 is 23.9 Å². The molecule has 1 N–H and O–H groups in total. The van der Waals surface area contributed by atoms with E-state index in [1.54, 1.807) is 37.3 Å². The first-order chi connectivity index (χ1) is 23.3. The maximum absolute atomic E-state index is 15.1. The molecule has 1 saturated heterocycles. The summed E-state index contributed by atoms with van der Waals surface area (Å²) >= 11 is 0. The van der Waals surface area contributed by atoms with E-state index in [1.165, 1.54) is 47.0 Å². The van der Waals surface area contributed by atoms with Crippen LogP contribution in [0.3, 0.4) is 0 Å². The SMILES string of the molecule is CCOC(=O)/C=C/c1cc(F)c(OC2CCN(CC(O)(c3cn(Cc4ccccc4)c4cc([N+](=O)[O-])ccc34)C(F)(F)F)CC2)c(OC)c1. The average molecular weight is 686 g/mol. The number of fused-ring (bicyclic) bond motifs is 1. The van der Waals surface area contributed by atoms with Gasteiger partial charge in [-0.05, 0) is 55.2 Å². The van der Waals surface area contributed by atoms with E-state index in [1.807, 2.05) is 0 Å². The topological polar surface area (TPSA) is 116 Å². The summed E-state index contributed by atoms with van der Waals surface area (Å²) in [6.45, 7) is 1.37. The molecule has 14 heteroatoms. The van der Waals surface area contributed by atoms with E-state index < -0.39 is 46.7 Å². The number of ether oxygens (including phenoxy) is 3. The normalized spacial score (nSPS) is 15.7. The third kappa shape index (κ3) is 7.86. The highest BCUT2D eigenvalue weighted by atomic mass is 19.4. The lowest BCUT2D eigenvalue weighted by atomic mass is 9.91. The number of aromatic nitrogens is 1. The maximum atomic E-state index is 15.1. The second kappa shape index (κ2) is 14.7. The van der Waals surface area contributed by atoms with E-state index in [0.717, 1.165) is 23.8 Å². The molecule has 4 aromatic rings. The molecule has 0 saturated carbocycles. The van der Waals surface area contributed by atoms with E-state index in [9.17, 15) is 33.2 Å². The summed E-state index contributed by atoms with van der Waals surface area (Å²) < 4.78 is 77.3. The predicted octanol–water partition coefficient (Wildman–Crippen LogP) is 6.62. The number of hydrogen-bond donors (Lipinski definition) is 1. The molecule has 0 bridgehead atoms. The Morgan fingerprint density at radius 1 is 1.10 bits per heavy atom. The van der Waals surface area contributed by atoms with Crippen molar-refractivity contribution in [1.29, 1.82) is 0 Å². The summed E-state index contributed by atoms with van der Waals surface area (Å²) in [7, 11) is 1.33. The van der Waals surface area contributed by atoms with Gasteiger partial charge in [-0.25, -0.2) is 9.18 Å². The van der Waals surface area contributed by atoms with Crippen molar-refractivity contribution in [2.24, 2.45) is 0 Å². The number of carbonyl (C=O) groups excluding carboxylic acids is 1. The molecule has 0 amide bonds. The number of aliphatic hydroxyl groups is 1. The summed E-state index contributed by atoms with van der Waals surface area (Å²) in [5, 5.41) is 23.1. The maximum Gasteiger partial charge on any atom is 0.422 e. The van der Waals surface area contributed by atoms with Crippen molar-refractivity contribution in [3.63, 3.8) is 0 Å². The van der Waals surface area contributed by atoms with Crippen LogP contribution >= 0.6 is 0 Å². The highest BCUT2D eigenvalue weighted by Crippen LogP contribution is 2.44. The van der Waals surface area contributed by atoms with Gasteiger partial charge in [-0.15, -0.1) is 0 Å². The van der Waals surface area contributed by atoms with Gasteiger partial charge in [0, 0.05) is 61.5 Å². The molecule has 0 spiro atoms. The van der Waals surface area contributed by atoms with Crippen molar-refractivity contribution in [2.75, 3.05) is 33.4 Å². The number of methoxy groups -OCH3 is 1. The molecule has 2 heterocycles. The number of likely N-dealkylation sites (tertiary alicyclic amines) is 1. The molecular formula is C35H35F4N3O7. The Balaban J connectivity index is 1.36. The Hall–Kier alpha value is -4.95. The van der Waals surface area contributed by atoms with Crippen LogP contribution in [0.2, 0.25) is 0 Å². The average Bonchev–Trinajstić information content (AvgIpc) is 3.43. The Morgan fingerprint density at radius 3 is 2.45 bits per heavy atom. The standard InChI is InChI=1S/C35H35F4N3O7/c1-3-48-32(43)12-9-24-17-29(36)33(31(18-24)47-2)49-26-13-15-40(16-14-26)22-34(44,35(37,38)39)28-21-41(20-23-7-5-4-6-8-23)30-19-25(42(45)46)10-11-27(28)30/h4-12,17-19,21,26,44H,3,13-16,20,22H2,1-2H3/b12-9+. The number of β-amino-alcohol motifs (C(OH)–C–C–N with tert-alkyl or cyclic N) is 1. The lowest BCUT2D eigenvalue weighted by Crippen LogP contribution is -2.53. The highest BCUT2D eigenvalue weighted by molar-refractivity contribution is 5.88. The molecule has 1 fully saturated rings. The number of alkyl halides is 3. The zero-order chi connectivity index (χ0) is 35.3. The fourth-order valence-corrected chi connectivity index (χ4v) is 5.94. The Kier molecular flexibility index (Phi) is 10.6. The first-order valence-electron chi connectivity index (χ1n) is 15.5. The van der Waals surface area contributed by atoms with Gasteiger partial charge in [0.05, 0.1) is 24.2 Å². The number of halogens is 4. The van der Waals surface area contributed by atoms with Gasteiger partial charge in [-0.3, -0.25) is 15.0 Å². The minimum atomic E-state index is -5.10. The number of nitrogens with zero attached hydrogens (tertiary/aromatic N) is 3. The van der Waals surface area contributed by atoms with Gasteiger partial charge >= 0.3 is 12.1 Å². The van der Waals surface area contributed by atoms with Crippen molar-refractivity contribution in [1.82, 2.24) is 9.47 Å². The summed E-state index contributed by atoms with van der Waals surface area (Å²) in [6, 6.07) is 15.1. The van der Waals surface area contributed by atoms with Crippen LogP contribution < -0.4 is 9.47 Å².